The third-order valence-corrected chi connectivity index (χ3v) is 2.92. The molecule has 0 aliphatic heterocycles. The predicted molar refractivity (Wildman–Crippen MR) is 73.2 cm³/mol. The third kappa shape index (κ3) is 4.78. The molecule has 0 saturated carbocycles. The number of hydrogen-bond donors (Lipinski definition) is 1. The van der Waals surface area contributed by atoms with E-state index in [1.807, 2.05) is 12.1 Å². The van der Waals surface area contributed by atoms with Gasteiger partial charge in [0.05, 0.1) is 0 Å². The maximum Gasteiger partial charge on any atom is 0.147 e. The van der Waals surface area contributed by atoms with Crippen LogP contribution in [0.15, 0.2) is 24.3 Å². The van der Waals surface area contributed by atoms with Gasteiger partial charge in [0.25, 0.3) is 0 Å². The first-order valence-corrected chi connectivity index (χ1v) is 6.40. The van der Waals surface area contributed by atoms with E-state index in [4.69, 9.17) is 4.84 Å². The summed E-state index contributed by atoms with van der Waals surface area (Å²) in [4.78, 5) is 5.23. The highest BCUT2D eigenvalue weighted by Crippen LogP contribution is 2.33. The minimum absolute atomic E-state index is 0.376. The fourth-order valence-electron chi connectivity index (χ4n) is 2.16. The van der Waals surface area contributed by atoms with Gasteiger partial charge in [0, 0.05) is 7.05 Å². The van der Waals surface area contributed by atoms with Crippen LogP contribution in [0.4, 0.5) is 0 Å². The van der Waals surface area contributed by atoms with Crippen LogP contribution in [0.5, 0.6) is 5.75 Å². The van der Waals surface area contributed by atoms with Crippen LogP contribution < -0.4 is 10.3 Å². The van der Waals surface area contributed by atoms with Gasteiger partial charge in [0.15, 0.2) is 0 Å². The standard InChI is InChI=1S/C15H25NO/c1-6-12(11-15(2,3)4)13-7-9-14(10-8-13)17-16-5/h7-10,12,16H,6,11H2,1-5H3. The van der Waals surface area contributed by atoms with Crippen molar-refractivity contribution in [2.45, 2.75) is 46.5 Å². The summed E-state index contributed by atoms with van der Waals surface area (Å²) in [7, 11) is 1.77. The Bertz CT molecular complexity index is 324. The SMILES string of the molecule is CCC(CC(C)(C)C)c1ccc(ONC)cc1. The number of rotatable bonds is 5. The molecule has 0 aliphatic rings. The van der Waals surface area contributed by atoms with Crippen LogP contribution in [-0.2, 0) is 0 Å². The van der Waals surface area contributed by atoms with Crippen LogP contribution >= 0.6 is 0 Å². The van der Waals surface area contributed by atoms with E-state index in [-0.39, 0.29) is 0 Å². The summed E-state index contributed by atoms with van der Waals surface area (Å²) < 4.78 is 0. The van der Waals surface area contributed by atoms with E-state index in [2.05, 4.69) is 45.3 Å². The fourth-order valence-corrected chi connectivity index (χ4v) is 2.16. The minimum Gasteiger partial charge on any atom is -0.409 e. The summed E-state index contributed by atoms with van der Waals surface area (Å²) in [5, 5.41) is 0. The summed E-state index contributed by atoms with van der Waals surface area (Å²) in [6.07, 6.45) is 2.40. The number of hydroxylamine groups is 1. The highest BCUT2D eigenvalue weighted by molar-refractivity contribution is 5.29. The first kappa shape index (κ1) is 14.0. The van der Waals surface area contributed by atoms with Crippen LogP contribution in [0.2, 0.25) is 0 Å². The molecule has 0 heterocycles. The van der Waals surface area contributed by atoms with Crippen molar-refractivity contribution < 1.29 is 4.84 Å². The van der Waals surface area contributed by atoms with E-state index in [1.165, 1.54) is 18.4 Å². The Morgan fingerprint density at radius 2 is 1.76 bits per heavy atom. The van der Waals surface area contributed by atoms with Crippen LogP contribution in [-0.4, -0.2) is 7.05 Å². The lowest BCUT2D eigenvalue weighted by Gasteiger charge is -2.25. The molecule has 1 rings (SSSR count). The molecule has 0 aromatic heterocycles. The van der Waals surface area contributed by atoms with E-state index >= 15 is 0 Å². The summed E-state index contributed by atoms with van der Waals surface area (Å²) >= 11 is 0. The molecular weight excluding hydrogens is 210 g/mol. The average Bonchev–Trinajstić information content (AvgIpc) is 2.26. The van der Waals surface area contributed by atoms with Crippen LogP contribution in [0.25, 0.3) is 0 Å². The second-order valence-electron chi connectivity index (χ2n) is 5.75. The van der Waals surface area contributed by atoms with E-state index in [9.17, 15) is 0 Å². The zero-order valence-corrected chi connectivity index (χ0v) is 11.7. The van der Waals surface area contributed by atoms with Gasteiger partial charge >= 0.3 is 0 Å². The Balaban J connectivity index is 2.75. The molecule has 2 heteroatoms. The van der Waals surface area contributed by atoms with Crippen molar-refractivity contribution in [2.24, 2.45) is 5.41 Å². The van der Waals surface area contributed by atoms with Gasteiger partial charge in [-0.3, -0.25) is 0 Å². The summed E-state index contributed by atoms with van der Waals surface area (Å²) in [6.45, 7) is 9.16. The van der Waals surface area contributed by atoms with E-state index in [1.54, 1.807) is 7.05 Å². The van der Waals surface area contributed by atoms with Crippen molar-refractivity contribution in [2.75, 3.05) is 7.05 Å². The van der Waals surface area contributed by atoms with Crippen molar-refractivity contribution >= 4 is 0 Å². The molecule has 1 aromatic carbocycles. The van der Waals surface area contributed by atoms with E-state index in [0.717, 1.165) is 5.75 Å². The van der Waals surface area contributed by atoms with Crippen molar-refractivity contribution in [3.63, 3.8) is 0 Å². The van der Waals surface area contributed by atoms with Gasteiger partial charge in [-0.1, -0.05) is 39.8 Å². The lowest BCUT2D eigenvalue weighted by Crippen LogP contribution is -2.12. The van der Waals surface area contributed by atoms with E-state index in [0.29, 0.717) is 11.3 Å². The van der Waals surface area contributed by atoms with Gasteiger partial charge in [-0.25, -0.2) is 0 Å². The highest BCUT2D eigenvalue weighted by atomic mass is 16.6. The molecule has 0 aliphatic carbocycles. The maximum atomic E-state index is 5.23. The molecule has 1 N–H and O–H groups in total. The van der Waals surface area contributed by atoms with Gasteiger partial charge in [0.1, 0.15) is 5.75 Å². The Morgan fingerprint density at radius 3 is 2.18 bits per heavy atom. The molecule has 96 valence electrons. The average molecular weight is 235 g/mol. The van der Waals surface area contributed by atoms with E-state index < -0.39 is 0 Å². The van der Waals surface area contributed by atoms with Crippen molar-refractivity contribution in [1.29, 1.82) is 0 Å². The number of benzene rings is 1. The summed E-state index contributed by atoms with van der Waals surface area (Å²) in [5.41, 5.74) is 4.47. The maximum absolute atomic E-state index is 5.23. The van der Waals surface area contributed by atoms with Crippen molar-refractivity contribution in [3.05, 3.63) is 29.8 Å². The molecule has 0 radical (unpaired) electrons. The van der Waals surface area contributed by atoms with Crippen molar-refractivity contribution in [3.8, 4) is 5.75 Å². The molecule has 1 atom stereocenters. The minimum atomic E-state index is 0.376. The first-order valence-electron chi connectivity index (χ1n) is 6.40. The van der Waals surface area contributed by atoms with Crippen LogP contribution in [0, 0.1) is 5.41 Å². The Labute approximate surface area is 105 Å². The first-order chi connectivity index (χ1) is 7.96. The highest BCUT2D eigenvalue weighted by Gasteiger charge is 2.18. The monoisotopic (exact) mass is 235 g/mol. The smallest absolute Gasteiger partial charge is 0.147 e. The number of nitrogens with one attached hydrogen (secondary N) is 1. The molecule has 0 saturated heterocycles. The zero-order chi connectivity index (χ0) is 12.9. The van der Waals surface area contributed by atoms with Gasteiger partial charge in [-0.15, -0.1) is 0 Å². The fraction of sp³-hybridized carbons (Fsp3) is 0.600. The summed E-state index contributed by atoms with van der Waals surface area (Å²) in [6, 6.07) is 8.40. The Hall–Kier alpha value is -1.02. The molecule has 2 nitrogen and oxygen atoms in total. The van der Waals surface area contributed by atoms with Crippen molar-refractivity contribution in [1.82, 2.24) is 5.48 Å². The summed E-state index contributed by atoms with van der Waals surface area (Å²) in [5.74, 6) is 1.50. The number of hydrogen-bond acceptors (Lipinski definition) is 2. The third-order valence-electron chi connectivity index (χ3n) is 2.92. The Morgan fingerprint density at radius 1 is 1.18 bits per heavy atom. The molecule has 0 spiro atoms. The topological polar surface area (TPSA) is 21.3 Å². The molecular formula is C15H25NO. The molecule has 17 heavy (non-hydrogen) atoms. The molecule has 0 fully saturated rings. The van der Waals surface area contributed by atoms with Gasteiger partial charge in [-0.2, -0.15) is 5.48 Å². The molecule has 0 bridgehead atoms. The quantitative estimate of drug-likeness (QED) is 0.775. The van der Waals surface area contributed by atoms with Crippen LogP contribution in [0.1, 0.15) is 52.0 Å². The normalized spacial score (nSPS) is 13.5. The van der Waals surface area contributed by atoms with Gasteiger partial charge in [0.2, 0.25) is 0 Å². The van der Waals surface area contributed by atoms with Gasteiger partial charge < -0.3 is 4.84 Å². The lowest BCUT2D eigenvalue weighted by atomic mass is 9.80. The predicted octanol–water partition coefficient (Wildman–Crippen LogP) is 4.13. The zero-order valence-electron chi connectivity index (χ0n) is 11.7. The molecule has 0 amide bonds. The second-order valence-corrected chi connectivity index (χ2v) is 5.75. The Kier molecular flexibility index (Phi) is 5.01. The molecule has 1 aromatic rings. The van der Waals surface area contributed by atoms with Crippen LogP contribution in [0.3, 0.4) is 0 Å². The van der Waals surface area contributed by atoms with Gasteiger partial charge in [-0.05, 0) is 41.9 Å². The largest absolute Gasteiger partial charge is 0.409 e. The molecule has 1 unspecified atom stereocenters. The second kappa shape index (κ2) is 6.06. The lowest BCUT2D eigenvalue weighted by molar-refractivity contribution is 0.223.